The summed E-state index contributed by atoms with van der Waals surface area (Å²) in [6.45, 7) is 1.91. The Morgan fingerprint density at radius 3 is 2.86 bits per heavy atom. The molecule has 3 rings (SSSR count). The van der Waals surface area contributed by atoms with E-state index in [4.69, 9.17) is 8.83 Å². The fraction of sp³-hybridized carbons (Fsp3) is 0.231. The van der Waals surface area contributed by atoms with E-state index < -0.39 is 15.8 Å². The van der Waals surface area contributed by atoms with Crippen LogP contribution in [-0.2, 0) is 16.4 Å². The van der Waals surface area contributed by atoms with Gasteiger partial charge in [-0.2, -0.15) is 0 Å². The molecule has 8 nitrogen and oxygen atoms in total. The number of oxazole rings is 2. The highest BCUT2D eigenvalue weighted by atomic mass is 32.2. The predicted molar refractivity (Wildman–Crippen MR) is 77.0 cm³/mol. The Balaban J connectivity index is 1.74. The minimum Gasteiger partial charge on any atom is -0.446 e. The fourth-order valence-corrected chi connectivity index (χ4v) is 3.03. The highest BCUT2D eigenvalue weighted by molar-refractivity contribution is 7.89. The van der Waals surface area contributed by atoms with Gasteiger partial charge < -0.3 is 8.83 Å². The van der Waals surface area contributed by atoms with Gasteiger partial charge in [-0.15, -0.1) is 0 Å². The van der Waals surface area contributed by atoms with Crippen LogP contribution in [0.25, 0.3) is 11.1 Å². The van der Waals surface area contributed by atoms with Crippen molar-refractivity contribution < 1.29 is 17.3 Å². The molecule has 0 saturated heterocycles. The Hall–Kier alpha value is -2.39. The summed E-state index contributed by atoms with van der Waals surface area (Å²) in [5, 5.41) is 0. The van der Waals surface area contributed by atoms with E-state index in [0.29, 0.717) is 23.6 Å². The van der Waals surface area contributed by atoms with Gasteiger partial charge in [-0.05, 0) is 19.1 Å². The predicted octanol–water partition coefficient (Wildman–Crippen LogP) is 0.939. The van der Waals surface area contributed by atoms with E-state index in [1.807, 2.05) is 0 Å². The second kappa shape index (κ2) is 5.43. The van der Waals surface area contributed by atoms with Gasteiger partial charge in [0.1, 0.15) is 5.76 Å². The number of H-pyrrole nitrogens is 1. The summed E-state index contributed by atoms with van der Waals surface area (Å²) >= 11 is 0. The van der Waals surface area contributed by atoms with Gasteiger partial charge in [0, 0.05) is 19.0 Å². The first-order valence-electron chi connectivity index (χ1n) is 6.48. The third-order valence-electron chi connectivity index (χ3n) is 3.00. The average molecular weight is 323 g/mol. The molecule has 0 amide bonds. The van der Waals surface area contributed by atoms with Crippen LogP contribution in [-0.4, -0.2) is 24.9 Å². The second-order valence-corrected chi connectivity index (χ2v) is 6.45. The van der Waals surface area contributed by atoms with Crippen molar-refractivity contribution in [1.82, 2.24) is 14.7 Å². The fourth-order valence-electron chi connectivity index (χ4n) is 1.99. The Bertz CT molecular complexity index is 967. The number of rotatable bonds is 5. The minimum absolute atomic E-state index is 0.0198. The highest BCUT2D eigenvalue weighted by Crippen LogP contribution is 2.16. The molecule has 2 aromatic heterocycles. The number of hydrogen-bond acceptors (Lipinski definition) is 6. The number of aromatic amines is 1. The third-order valence-corrected chi connectivity index (χ3v) is 4.46. The number of aromatic nitrogens is 2. The molecule has 22 heavy (non-hydrogen) atoms. The van der Waals surface area contributed by atoms with Gasteiger partial charge in [0.25, 0.3) is 0 Å². The first-order valence-corrected chi connectivity index (χ1v) is 7.96. The molecule has 0 aliphatic carbocycles. The van der Waals surface area contributed by atoms with Crippen molar-refractivity contribution >= 4 is 21.1 Å². The molecule has 0 aliphatic rings. The van der Waals surface area contributed by atoms with Gasteiger partial charge in [-0.3, -0.25) is 4.98 Å². The zero-order chi connectivity index (χ0) is 15.7. The zero-order valence-electron chi connectivity index (χ0n) is 11.6. The first kappa shape index (κ1) is 14.5. The van der Waals surface area contributed by atoms with Crippen LogP contribution in [0.5, 0.6) is 0 Å². The average Bonchev–Trinajstić information content (AvgIpc) is 3.02. The lowest BCUT2D eigenvalue weighted by Gasteiger charge is -2.05. The molecular weight excluding hydrogens is 310 g/mol. The van der Waals surface area contributed by atoms with Crippen molar-refractivity contribution in [2.75, 3.05) is 6.54 Å². The Labute approximate surface area is 125 Å². The van der Waals surface area contributed by atoms with Crippen LogP contribution >= 0.6 is 0 Å². The van der Waals surface area contributed by atoms with E-state index in [0.717, 1.165) is 0 Å². The van der Waals surface area contributed by atoms with Crippen LogP contribution in [0.15, 0.2) is 42.9 Å². The van der Waals surface area contributed by atoms with Crippen LogP contribution in [0, 0.1) is 6.92 Å². The molecule has 0 bridgehead atoms. The Kier molecular flexibility index (Phi) is 3.59. The minimum atomic E-state index is -3.70. The number of benzene rings is 1. The summed E-state index contributed by atoms with van der Waals surface area (Å²) < 4.78 is 36.9. The van der Waals surface area contributed by atoms with Gasteiger partial charge in [-0.1, -0.05) is 0 Å². The molecule has 0 aliphatic heterocycles. The summed E-state index contributed by atoms with van der Waals surface area (Å²) in [5.74, 6) is 0.509. The quantitative estimate of drug-likeness (QED) is 0.721. The van der Waals surface area contributed by atoms with E-state index in [1.54, 1.807) is 13.1 Å². The standard InChI is InChI=1S/C13H13N3O5S/c1-8-7-14-12(20-8)4-5-15-22(18,19)9-2-3-10-11(6-9)21-13(17)16-10/h2-3,6-7,15H,4-5H2,1H3,(H,16,17). The van der Waals surface area contributed by atoms with Gasteiger partial charge in [0.05, 0.1) is 16.6 Å². The topological polar surface area (TPSA) is 118 Å². The first-order chi connectivity index (χ1) is 10.4. The molecule has 0 fully saturated rings. The van der Waals surface area contributed by atoms with E-state index in [2.05, 4.69) is 14.7 Å². The van der Waals surface area contributed by atoms with Gasteiger partial charge >= 0.3 is 5.76 Å². The van der Waals surface area contributed by atoms with E-state index in [9.17, 15) is 13.2 Å². The number of nitrogens with one attached hydrogen (secondary N) is 2. The number of nitrogens with zero attached hydrogens (tertiary/aromatic N) is 1. The van der Waals surface area contributed by atoms with Crippen molar-refractivity contribution in [3.05, 3.63) is 46.6 Å². The van der Waals surface area contributed by atoms with Gasteiger partial charge in [0.15, 0.2) is 11.5 Å². The van der Waals surface area contributed by atoms with Crippen molar-refractivity contribution in [1.29, 1.82) is 0 Å². The maximum Gasteiger partial charge on any atom is 0.417 e. The number of hydrogen-bond donors (Lipinski definition) is 2. The van der Waals surface area contributed by atoms with Crippen molar-refractivity contribution in [2.45, 2.75) is 18.2 Å². The summed E-state index contributed by atoms with van der Waals surface area (Å²) in [5.41, 5.74) is 0.635. The number of aryl methyl sites for hydroxylation is 1. The Morgan fingerprint density at radius 2 is 2.14 bits per heavy atom. The summed E-state index contributed by atoms with van der Waals surface area (Å²) in [6, 6.07) is 4.17. The SMILES string of the molecule is Cc1cnc(CCNS(=O)(=O)c2ccc3[nH]c(=O)oc3c2)o1. The van der Waals surface area contributed by atoms with E-state index in [1.165, 1.54) is 18.2 Å². The van der Waals surface area contributed by atoms with Crippen molar-refractivity contribution in [3.63, 3.8) is 0 Å². The molecule has 0 atom stereocenters. The van der Waals surface area contributed by atoms with Crippen LogP contribution in [0.1, 0.15) is 11.7 Å². The lowest BCUT2D eigenvalue weighted by molar-refractivity contribution is 0.469. The summed E-state index contributed by atoms with van der Waals surface area (Å²) in [7, 11) is -3.70. The van der Waals surface area contributed by atoms with Crippen LogP contribution in [0.4, 0.5) is 0 Å². The molecule has 116 valence electrons. The smallest absolute Gasteiger partial charge is 0.417 e. The van der Waals surface area contributed by atoms with E-state index >= 15 is 0 Å². The largest absolute Gasteiger partial charge is 0.446 e. The maximum absolute atomic E-state index is 12.2. The lowest BCUT2D eigenvalue weighted by atomic mass is 10.3. The van der Waals surface area contributed by atoms with Crippen LogP contribution in [0.2, 0.25) is 0 Å². The monoisotopic (exact) mass is 323 g/mol. The molecule has 0 spiro atoms. The molecule has 0 saturated carbocycles. The highest BCUT2D eigenvalue weighted by Gasteiger charge is 2.16. The number of fused-ring (bicyclic) bond motifs is 1. The second-order valence-electron chi connectivity index (χ2n) is 4.68. The Morgan fingerprint density at radius 1 is 1.32 bits per heavy atom. The zero-order valence-corrected chi connectivity index (χ0v) is 12.4. The summed E-state index contributed by atoms with van der Waals surface area (Å²) in [4.78, 5) is 17.5. The van der Waals surface area contributed by atoms with Gasteiger partial charge in [-0.25, -0.2) is 22.9 Å². The lowest BCUT2D eigenvalue weighted by Crippen LogP contribution is -2.26. The number of sulfonamides is 1. The molecular formula is C13H13N3O5S. The molecule has 2 N–H and O–H groups in total. The molecule has 0 unspecified atom stereocenters. The van der Waals surface area contributed by atoms with Crippen LogP contribution < -0.4 is 10.5 Å². The summed E-state index contributed by atoms with van der Waals surface area (Å²) in [6.07, 6.45) is 1.92. The maximum atomic E-state index is 12.2. The normalized spacial score (nSPS) is 12.0. The third kappa shape index (κ3) is 2.95. The van der Waals surface area contributed by atoms with Crippen molar-refractivity contribution in [2.24, 2.45) is 0 Å². The van der Waals surface area contributed by atoms with Crippen molar-refractivity contribution in [3.8, 4) is 0 Å². The van der Waals surface area contributed by atoms with E-state index in [-0.39, 0.29) is 17.0 Å². The molecule has 2 heterocycles. The molecule has 0 radical (unpaired) electrons. The van der Waals surface area contributed by atoms with Crippen LogP contribution in [0.3, 0.4) is 0 Å². The molecule has 3 aromatic rings. The van der Waals surface area contributed by atoms with Gasteiger partial charge in [0.2, 0.25) is 10.0 Å². The molecule has 1 aromatic carbocycles. The molecule has 9 heteroatoms.